The number of benzene rings is 2. The van der Waals surface area contributed by atoms with E-state index in [0.29, 0.717) is 11.1 Å². The van der Waals surface area contributed by atoms with Crippen molar-refractivity contribution in [3.8, 4) is 0 Å². The molecule has 0 N–H and O–H groups in total. The average Bonchev–Trinajstić information content (AvgIpc) is 3.36. The van der Waals surface area contributed by atoms with Crippen molar-refractivity contribution >= 4 is 33.7 Å². The van der Waals surface area contributed by atoms with Crippen LogP contribution < -0.4 is 0 Å². The molecule has 9 heteroatoms. The highest BCUT2D eigenvalue weighted by atomic mass is 35.5. The van der Waals surface area contributed by atoms with Gasteiger partial charge in [-0.1, -0.05) is 36.4 Å². The molecule has 0 spiro atoms. The topological polar surface area (TPSA) is 96.0 Å². The molecule has 28 heavy (non-hydrogen) atoms. The molecule has 2 aromatic rings. The molecule has 0 aromatic heterocycles. The van der Waals surface area contributed by atoms with E-state index < -0.39 is 45.4 Å². The quantitative estimate of drug-likeness (QED) is 0.365. The lowest BCUT2D eigenvalue weighted by Gasteiger charge is -2.05. The maximum absolute atomic E-state index is 12.2. The number of hydrogen-bond donors (Lipinski definition) is 0. The Morgan fingerprint density at radius 3 is 1.93 bits per heavy atom. The largest absolute Gasteiger partial charge is 0.462 e. The molecule has 2 aromatic carbocycles. The fourth-order valence-electron chi connectivity index (χ4n) is 2.57. The van der Waals surface area contributed by atoms with Crippen LogP contribution in [-0.4, -0.2) is 44.4 Å². The molecule has 0 aliphatic heterocycles. The van der Waals surface area contributed by atoms with Crippen molar-refractivity contribution in [3.63, 3.8) is 0 Å². The standard InChI is InChI=1S/C19H17ClO7S/c20-12-28(23,24)27-17-15(11-25-18(21)13-7-3-1-4-8-13)16(17)26-19(22)14-9-5-2-6-10-14/h1-10,15-17H,11-12H2. The van der Waals surface area contributed by atoms with Crippen molar-refractivity contribution in [2.24, 2.45) is 5.92 Å². The van der Waals surface area contributed by atoms with Gasteiger partial charge < -0.3 is 9.47 Å². The summed E-state index contributed by atoms with van der Waals surface area (Å²) in [6.45, 7) is -0.164. The molecule has 1 fully saturated rings. The molecule has 3 rings (SSSR count). The van der Waals surface area contributed by atoms with Crippen molar-refractivity contribution in [2.75, 3.05) is 11.8 Å². The molecule has 0 amide bonds. The van der Waals surface area contributed by atoms with Gasteiger partial charge in [-0.3, -0.25) is 4.18 Å². The lowest BCUT2D eigenvalue weighted by Crippen LogP contribution is -2.14. The van der Waals surface area contributed by atoms with Crippen LogP contribution in [0.15, 0.2) is 60.7 Å². The van der Waals surface area contributed by atoms with E-state index >= 15 is 0 Å². The summed E-state index contributed by atoms with van der Waals surface area (Å²) in [5.74, 6) is -1.81. The van der Waals surface area contributed by atoms with Gasteiger partial charge in [0.15, 0.2) is 0 Å². The minimum atomic E-state index is -3.98. The molecule has 0 saturated heterocycles. The molecule has 0 bridgehead atoms. The monoisotopic (exact) mass is 424 g/mol. The van der Waals surface area contributed by atoms with Gasteiger partial charge in [-0.15, -0.1) is 11.6 Å². The average molecular weight is 425 g/mol. The van der Waals surface area contributed by atoms with Crippen molar-refractivity contribution in [3.05, 3.63) is 71.8 Å². The number of alkyl halides is 1. The molecule has 7 nitrogen and oxygen atoms in total. The van der Waals surface area contributed by atoms with E-state index in [9.17, 15) is 18.0 Å². The first kappa shape index (κ1) is 20.3. The minimum absolute atomic E-state index is 0.164. The number of rotatable bonds is 8. The first-order valence-corrected chi connectivity index (χ1v) is 10.5. The Morgan fingerprint density at radius 1 is 0.857 bits per heavy atom. The molecule has 1 aliphatic carbocycles. The van der Waals surface area contributed by atoms with Crippen LogP contribution in [0, 0.1) is 5.92 Å². The third kappa shape index (κ3) is 5.09. The van der Waals surface area contributed by atoms with Gasteiger partial charge in [0.05, 0.1) is 17.0 Å². The predicted molar refractivity (Wildman–Crippen MR) is 100 cm³/mol. The summed E-state index contributed by atoms with van der Waals surface area (Å²) in [5.41, 5.74) is 0.667. The fourth-order valence-corrected chi connectivity index (χ4v) is 3.37. The Morgan fingerprint density at radius 2 is 1.39 bits per heavy atom. The van der Waals surface area contributed by atoms with E-state index in [4.69, 9.17) is 25.3 Å². The maximum atomic E-state index is 12.2. The Hall–Kier alpha value is -2.42. The first-order chi connectivity index (χ1) is 13.4. The zero-order valence-corrected chi connectivity index (χ0v) is 16.1. The molecule has 0 radical (unpaired) electrons. The first-order valence-electron chi connectivity index (χ1n) is 8.36. The molecular weight excluding hydrogens is 408 g/mol. The second-order valence-corrected chi connectivity index (χ2v) is 8.27. The van der Waals surface area contributed by atoms with Gasteiger partial charge in [0, 0.05) is 0 Å². The molecule has 1 saturated carbocycles. The SMILES string of the molecule is O=C(OCC1C(OC(=O)c2ccccc2)C1OS(=O)(=O)CCl)c1ccccc1. The Kier molecular flexibility index (Phi) is 6.33. The smallest absolute Gasteiger partial charge is 0.338 e. The molecular formula is C19H17ClO7S. The van der Waals surface area contributed by atoms with Gasteiger partial charge in [-0.05, 0) is 24.3 Å². The van der Waals surface area contributed by atoms with Crippen LogP contribution in [0.5, 0.6) is 0 Å². The maximum Gasteiger partial charge on any atom is 0.338 e. The van der Waals surface area contributed by atoms with Gasteiger partial charge in [-0.2, -0.15) is 8.42 Å². The zero-order valence-electron chi connectivity index (χ0n) is 14.6. The number of esters is 2. The Balaban J connectivity index is 1.64. The molecule has 3 atom stereocenters. The van der Waals surface area contributed by atoms with Gasteiger partial charge in [0.2, 0.25) is 0 Å². The fraction of sp³-hybridized carbons (Fsp3) is 0.263. The number of hydrogen-bond acceptors (Lipinski definition) is 7. The van der Waals surface area contributed by atoms with Crippen LogP contribution in [0.3, 0.4) is 0 Å². The van der Waals surface area contributed by atoms with E-state index in [2.05, 4.69) is 0 Å². The molecule has 148 valence electrons. The summed E-state index contributed by atoms with van der Waals surface area (Å²) in [7, 11) is -3.98. The summed E-state index contributed by atoms with van der Waals surface area (Å²) in [4.78, 5) is 24.3. The van der Waals surface area contributed by atoms with E-state index in [-0.39, 0.29) is 6.61 Å². The van der Waals surface area contributed by atoms with Gasteiger partial charge in [-0.25, -0.2) is 9.59 Å². The van der Waals surface area contributed by atoms with Crippen molar-refractivity contribution in [2.45, 2.75) is 12.2 Å². The Bertz CT molecular complexity index is 931. The van der Waals surface area contributed by atoms with Crippen LogP contribution in [0.25, 0.3) is 0 Å². The van der Waals surface area contributed by atoms with Crippen molar-refractivity contribution in [1.29, 1.82) is 0 Å². The van der Waals surface area contributed by atoms with Crippen molar-refractivity contribution in [1.82, 2.24) is 0 Å². The Labute approximate surface area is 167 Å². The number of carbonyl (C=O) groups is 2. The normalized spacial score (nSPS) is 21.0. The zero-order chi connectivity index (χ0) is 20.1. The molecule has 0 heterocycles. The number of ether oxygens (including phenoxy) is 2. The van der Waals surface area contributed by atoms with Gasteiger partial charge in [0.25, 0.3) is 10.1 Å². The summed E-state index contributed by atoms with van der Waals surface area (Å²) in [6, 6.07) is 16.6. The highest BCUT2D eigenvalue weighted by molar-refractivity contribution is 7.87. The predicted octanol–water partition coefficient (Wildman–Crippen LogP) is 2.61. The highest BCUT2D eigenvalue weighted by Crippen LogP contribution is 2.40. The van der Waals surface area contributed by atoms with Gasteiger partial charge >= 0.3 is 11.9 Å². The van der Waals surface area contributed by atoms with E-state index in [1.54, 1.807) is 60.7 Å². The molecule has 3 unspecified atom stereocenters. The van der Waals surface area contributed by atoms with E-state index in [1.165, 1.54) is 0 Å². The third-order valence-corrected chi connectivity index (χ3v) is 5.67. The third-order valence-electron chi connectivity index (χ3n) is 4.09. The van der Waals surface area contributed by atoms with E-state index in [0.717, 1.165) is 0 Å². The summed E-state index contributed by atoms with van der Waals surface area (Å²) in [6.07, 6.45) is -1.82. The van der Waals surface area contributed by atoms with Crippen LogP contribution in [0.2, 0.25) is 0 Å². The van der Waals surface area contributed by atoms with Crippen molar-refractivity contribution < 1.29 is 31.7 Å². The lowest BCUT2D eigenvalue weighted by atomic mass is 10.2. The lowest BCUT2D eigenvalue weighted by molar-refractivity contribution is 0.0361. The van der Waals surface area contributed by atoms with Crippen LogP contribution in [0.1, 0.15) is 20.7 Å². The molecule has 1 aliphatic rings. The minimum Gasteiger partial charge on any atom is -0.462 e. The number of carbonyl (C=O) groups excluding carboxylic acids is 2. The van der Waals surface area contributed by atoms with Crippen LogP contribution in [0.4, 0.5) is 0 Å². The summed E-state index contributed by atoms with van der Waals surface area (Å²) >= 11 is 5.36. The highest BCUT2D eigenvalue weighted by Gasteiger charge is 2.58. The van der Waals surface area contributed by atoms with Crippen LogP contribution in [-0.2, 0) is 23.8 Å². The van der Waals surface area contributed by atoms with Gasteiger partial charge in [0.1, 0.15) is 24.0 Å². The van der Waals surface area contributed by atoms with E-state index in [1.807, 2.05) is 0 Å². The number of halogens is 1. The second kappa shape index (κ2) is 8.72. The summed E-state index contributed by atoms with van der Waals surface area (Å²) in [5, 5.41) is -0.737. The summed E-state index contributed by atoms with van der Waals surface area (Å²) < 4.78 is 38.8. The van der Waals surface area contributed by atoms with Crippen LogP contribution >= 0.6 is 11.6 Å². The second-order valence-electron chi connectivity index (χ2n) is 6.09.